The van der Waals surface area contributed by atoms with Crippen LogP contribution in [0.3, 0.4) is 0 Å². The summed E-state index contributed by atoms with van der Waals surface area (Å²) < 4.78 is 17.7. The highest BCUT2D eigenvalue weighted by Gasteiger charge is 2.51. The minimum Gasteiger partial charge on any atom is -0.403 e. The van der Waals surface area contributed by atoms with E-state index in [1.165, 1.54) is 0 Å². The van der Waals surface area contributed by atoms with Crippen LogP contribution in [0.15, 0.2) is 30.3 Å². The Hall–Kier alpha value is -0.875. The van der Waals surface area contributed by atoms with E-state index < -0.39 is 0 Å². The van der Waals surface area contributed by atoms with Crippen LogP contribution in [0.5, 0.6) is 0 Å². The Morgan fingerprint density at radius 3 is 2.23 bits per heavy atom. The number of aliphatic hydroxyl groups is 1. The Morgan fingerprint density at radius 2 is 1.68 bits per heavy atom. The molecule has 0 saturated carbocycles. The summed E-state index contributed by atoms with van der Waals surface area (Å²) in [7, 11) is -0.289. The topological polar surface area (TPSA) is 47.9 Å². The van der Waals surface area contributed by atoms with Gasteiger partial charge in [0.2, 0.25) is 0 Å². The first-order valence-corrected chi connectivity index (χ1v) is 7.92. The molecule has 5 heteroatoms. The molecule has 1 aromatic carbocycles. The van der Waals surface area contributed by atoms with E-state index in [1.807, 2.05) is 58.0 Å². The maximum absolute atomic E-state index is 9.55. The molecular weight excluding hydrogens is 279 g/mol. The molecule has 0 aliphatic carbocycles. The lowest BCUT2D eigenvalue weighted by Gasteiger charge is -2.32. The highest BCUT2D eigenvalue weighted by molar-refractivity contribution is 6.45. The van der Waals surface area contributed by atoms with Crippen molar-refractivity contribution in [3.05, 3.63) is 35.9 Å². The van der Waals surface area contributed by atoms with Crippen molar-refractivity contribution >= 4 is 7.12 Å². The monoisotopic (exact) mass is 306 g/mol. The zero-order chi connectivity index (χ0) is 16.2. The Bertz CT molecular complexity index is 445. The molecule has 1 N–H and O–H groups in total. The standard InChI is InChI=1S/C17H27BO4/c1-16(2)17(3,4)22-18(21-16)10-15(11-19)13-20-12-14-8-6-5-7-9-14/h5-9,15,19H,10-13H2,1-4H3/t15-/m1/s1. The molecule has 2 rings (SSSR count). The SMILES string of the molecule is CC1(C)OB(C[C@H](CO)COCc2ccccc2)OC1(C)C. The maximum Gasteiger partial charge on any atom is 0.458 e. The highest BCUT2D eigenvalue weighted by atomic mass is 16.7. The van der Waals surface area contributed by atoms with Gasteiger partial charge in [-0.05, 0) is 39.6 Å². The Labute approximate surface area is 133 Å². The number of hydrogen-bond donors (Lipinski definition) is 1. The van der Waals surface area contributed by atoms with Gasteiger partial charge in [0.25, 0.3) is 0 Å². The molecule has 1 aliphatic heterocycles. The second-order valence-electron chi connectivity index (χ2n) is 6.97. The van der Waals surface area contributed by atoms with E-state index in [4.69, 9.17) is 14.0 Å². The second kappa shape index (κ2) is 7.13. The summed E-state index contributed by atoms with van der Waals surface area (Å²) in [6, 6.07) is 10.0. The lowest BCUT2D eigenvalue weighted by atomic mass is 9.78. The van der Waals surface area contributed by atoms with Crippen LogP contribution in [-0.4, -0.2) is 36.6 Å². The molecule has 1 aromatic rings. The number of benzene rings is 1. The summed E-state index contributed by atoms with van der Waals surface area (Å²) >= 11 is 0. The van der Waals surface area contributed by atoms with Crippen molar-refractivity contribution in [2.24, 2.45) is 5.92 Å². The molecule has 0 aromatic heterocycles. The predicted molar refractivity (Wildman–Crippen MR) is 87.6 cm³/mol. The van der Waals surface area contributed by atoms with E-state index in [9.17, 15) is 5.11 Å². The first-order chi connectivity index (χ1) is 10.3. The van der Waals surface area contributed by atoms with Gasteiger partial charge in [0.05, 0.1) is 24.4 Å². The van der Waals surface area contributed by atoms with Crippen molar-refractivity contribution in [1.82, 2.24) is 0 Å². The van der Waals surface area contributed by atoms with Crippen LogP contribution in [0.2, 0.25) is 6.32 Å². The summed E-state index contributed by atoms with van der Waals surface area (Å²) in [5.74, 6) is 0.0124. The van der Waals surface area contributed by atoms with Gasteiger partial charge in [0.15, 0.2) is 0 Å². The predicted octanol–water partition coefficient (Wildman–Crippen LogP) is 2.90. The number of aliphatic hydroxyl groups excluding tert-OH is 1. The van der Waals surface area contributed by atoms with Crippen LogP contribution in [-0.2, 0) is 20.7 Å². The van der Waals surface area contributed by atoms with Gasteiger partial charge < -0.3 is 19.2 Å². The molecule has 1 aliphatic rings. The Morgan fingerprint density at radius 1 is 1.09 bits per heavy atom. The van der Waals surface area contributed by atoms with Crippen LogP contribution >= 0.6 is 0 Å². The molecule has 1 saturated heterocycles. The highest BCUT2D eigenvalue weighted by Crippen LogP contribution is 2.38. The zero-order valence-corrected chi connectivity index (χ0v) is 14.0. The van der Waals surface area contributed by atoms with Crippen LogP contribution in [0.4, 0.5) is 0 Å². The van der Waals surface area contributed by atoms with Gasteiger partial charge in [0, 0.05) is 12.5 Å². The van der Waals surface area contributed by atoms with Crippen molar-refractivity contribution < 1.29 is 19.2 Å². The third kappa shape index (κ3) is 4.32. The zero-order valence-electron chi connectivity index (χ0n) is 14.0. The Balaban J connectivity index is 1.78. The number of ether oxygens (including phenoxy) is 1. The van der Waals surface area contributed by atoms with Gasteiger partial charge >= 0.3 is 7.12 Å². The summed E-state index contributed by atoms with van der Waals surface area (Å²) in [5, 5.41) is 9.55. The fourth-order valence-corrected chi connectivity index (χ4v) is 2.45. The third-order valence-electron chi connectivity index (χ3n) is 4.55. The smallest absolute Gasteiger partial charge is 0.403 e. The van der Waals surface area contributed by atoms with E-state index in [0.717, 1.165) is 5.56 Å². The van der Waals surface area contributed by atoms with Crippen molar-refractivity contribution in [3.63, 3.8) is 0 Å². The summed E-state index contributed by atoms with van der Waals surface area (Å²) in [4.78, 5) is 0. The molecule has 0 spiro atoms. The van der Waals surface area contributed by atoms with Crippen LogP contribution in [0.1, 0.15) is 33.3 Å². The van der Waals surface area contributed by atoms with Crippen LogP contribution < -0.4 is 0 Å². The molecule has 0 bridgehead atoms. The fourth-order valence-electron chi connectivity index (χ4n) is 2.45. The second-order valence-corrected chi connectivity index (χ2v) is 6.97. The fraction of sp³-hybridized carbons (Fsp3) is 0.647. The van der Waals surface area contributed by atoms with E-state index in [-0.39, 0.29) is 30.8 Å². The molecule has 1 heterocycles. The molecule has 0 unspecified atom stereocenters. The lowest BCUT2D eigenvalue weighted by Crippen LogP contribution is -2.41. The van der Waals surface area contributed by atoms with Gasteiger partial charge in [-0.25, -0.2) is 0 Å². The van der Waals surface area contributed by atoms with E-state index in [2.05, 4.69) is 0 Å². The average Bonchev–Trinajstić information content (AvgIpc) is 2.66. The summed E-state index contributed by atoms with van der Waals surface area (Å²) in [6.07, 6.45) is 0.637. The minimum atomic E-state index is -0.331. The minimum absolute atomic E-state index is 0.0124. The Kier molecular flexibility index (Phi) is 5.67. The molecule has 4 nitrogen and oxygen atoms in total. The normalized spacial score (nSPS) is 21.0. The summed E-state index contributed by atoms with van der Waals surface area (Å²) in [6.45, 7) is 9.26. The first-order valence-electron chi connectivity index (χ1n) is 7.92. The van der Waals surface area contributed by atoms with E-state index >= 15 is 0 Å². The molecular formula is C17H27BO4. The van der Waals surface area contributed by atoms with Gasteiger partial charge in [-0.1, -0.05) is 30.3 Å². The molecule has 1 atom stereocenters. The summed E-state index contributed by atoms with van der Waals surface area (Å²) in [5.41, 5.74) is 0.473. The molecule has 1 fully saturated rings. The largest absolute Gasteiger partial charge is 0.458 e. The quantitative estimate of drug-likeness (QED) is 0.787. The van der Waals surface area contributed by atoms with Crippen molar-refractivity contribution in [2.75, 3.05) is 13.2 Å². The maximum atomic E-state index is 9.55. The number of rotatable bonds is 7. The van der Waals surface area contributed by atoms with Crippen molar-refractivity contribution in [1.29, 1.82) is 0 Å². The number of hydrogen-bond acceptors (Lipinski definition) is 4. The van der Waals surface area contributed by atoms with Crippen LogP contribution in [0.25, 0.3) is 0 Å². The first kappa shape index (κ1) is 17.5. The molecule has 22 heavy (non-hydrogen) atoms. The molecule has 0 amide bonds. The van der Waals surface area contributed by atoms with Crippen LogP contribution in [0, 0.1) is 5.92 Å². The molecule has 0 radical (unpaired) electrons. The van der Waals surface area contributed by atoms with Crippen molar-refractivity contribution in [3.8, 4) is 0 Å². The van der Waals surface area contributed by atoms with Gasteiger partial charge in [-0.15, -0.1) is 0 Å². The van der Waals surface area contributed by atoms with E-state index in [0.29, 0.717) is 19.5 Å². The van der Waals surface area contributed by atoms with E-state index in [1.54, 1.807) is 0 Å². The third-order valence-corrected chi connectivity index (χ3v) is 4.55. The van der Waals surface area contributed by atoms with Gasteiger partial charge in [-0.2, -0.15) is 0 Å². The van der Waals surface area contributed by atoms with Gasteiger partial charge in [0.1, 0.15) is 0 Å². The average molecular weight is 306 g/mol. The van der Waals surface area contributed by atoms with Gasteiger partial charge in [-0.3, -0.25) is 0 Å². The van der Waals surface area contributed by atoms with Crippen molar-refractivity contribution in [2.45, 2.75) is 51.8 Å². The lowest BCUT2D eigenvalue weighted by molar-refractivity contribution is 0.00578. The molecule has 122 valence electrons.